The molecule has 1 aromatic carbocycles. The van der Waals surface area contributed by atoms with Crippen LogP contribution in [0.1, 0.15) is 45.6 Å². The van der Waals surface area contributed by atoms with Crippen molar-refractivity contribution in [3.8, 4) is 0 Å². The normalized spacial score (nSPS) is 12.7. The minimum Gasteiger partial charge on any atom is -0.421 e. The number of hydrogen-bond acceptors (Lipinski definition) is 5. The van der Waals surface area contributed by atoms with Gasteiger partial charge in [-0.15, -0.1) is 0 Å². The fourth-order valence-electron chi connectivity index (χ4n) is 2.19. The molecule has 5 heteroatoms. The number of ketones is 1. The molecule has 0 aliphatic rings. The highest BCUT2D eigenvalue weighted by Crippen LogP contribution is 2.24. The van der Waals surface area contributed by atoms with E-state index in [4.69, 9.17) is 9.47 Å². The lowest BCUT2D eigenvalue weighted by atomic mass is 9.92. The van der Waals surface area contributed by atoms with Gasteiger partial charge in [-0.2, -0.15) is 0 Å². The van der Waals surface area contributed by atoms with Crippen LogP contribution in [0.3, 0.4) is 0 Å². The number of allylic oxidation sites excluding steroid dienone is 1. The van der Waals surface area contributed by atoms with E-state index in [0.717, 1.165) is 5.56 Å². The quantitative estimate of drug-likeness (QED) is 0.439. The molecule has 0 fully saturated rings. The highest BCUT2D eigenvalue weighted by molar-refractivity contribution is 5.76. The van der Waals surface area contributed by atoms with Crippen molar-refractivity contribution in [3.05, 3.63) is 47.5 Å². The largest absolute Gasteiger partial charge is 0.421 e. The van der Waals surface area contributed by atoms with Crippen LogP contribution in [-0.2, 0) is 23.9 Å². The summed E-state index contributed by atoms with van der Waals surface area (Å²) in [6, 6.07) is 9.52. The lowest BCUT2D eigenvalue weighted by Gasteiger charge is -2.20. The molecule has 23 heavy (non-hydrogen) atoms. The summed E-state index contributed by atoms with van der Waals surface area (Å²) in [5.74, 6) is -1.24. The van der Waals surface area contributed by atoms with E-state index in [0.29, 0.717) is 12.0 Å². The van der Waals surface area contributed by atoms with Crippen LogP contribution in [0.5, 0.6) is 0 Å². The zero-order valence-corrected chi connectivity index (χ0v) is 13.9. The van der Waals surface area contributed by atoms with E-state index in [1.807, 2.05) is 30.3 Å². The van der Waals surface area contributed by atoms with Gasteiger partial charge in [0.2, 0.25) is 0 Å². The lowest BCUT2D eigenvalue weighted by molar-refractivity contribution is -0.178. The Kier molecular flexibility index (Phi) is 7.19. The van der Waals surface area contributed by atoms with Crippen molar-refractivity contribution in [1.29, 1.82) is 0 Å². The van der Waals surface area contributed by atoms with Crippen LogP contribution in [-0.4, -0.2) is 24.0 Å². The van der Waals surface area contributed by atoms with E-state index in [1.165, 1.54) is 20.8 Å². The molecule has 0 aliphatic carbocycles. The molecule has 1 unspecified atom stereocenters. The summed E-state index contributed by atoms with van der Waals surface area (Å²) in [5, 5.41) is 0. The maximum atomic E-state index is 11.5. The van der Waals surface area contributed by atoms with Crippen molar-refractivity contribution in [2.24, 2.45) is 0 Å². The molecule has 1 atom stereocenters. The smallest absolute Gasteiger partial charge is 0.305 e. The number of esters is 2. The van der Waals surface area contributed by atoms with E-state index in [1.54, 1.807) is 13.0 Å². The molecule has 0 aliphatic heterocycles. The molecule has 0 saturated heterocycles. The number of carbonyl (C=O) groups is 3. The van der Waals surface area contributed by atoms with Crippen LogP contribution >= 0.6 is 0 Å². The first-order valence-corrected chi connectivity index (χ1v) is 7.36. The minimum absolute atomic E-state index is 0.0411. The molecule has 1 rings (SSSR count). The summed E-state index contributed by atoms with van der Waals surface area (Å²) < 4.78 is 10.1. The average molecular weight is 318 g/mol. The zero-order valence-electron chi connectivity index (χ0n) is 13.9. The van der Waals surface area contributed by atoms with Crippen LogP contribution in [0.2, 0.25) is 0 Å². The average Bonchev–Trinajstić information content (AvgIpc) is 2.45. The number of Topliss-reactive ketones (excluding diaryl/α,β-unsaturated/α-hetero) is 1. The lowest BCUT2D eigenvalue weighted by Crippen LogP contribution is -2.24. The van der Waals surface area contributed by atoms with Crippen molar-refractivity contribution in [2.45, 2.75) is 46.3 Å². The second-order valence-corrected chi connectivity index (χ2v) is 5.38. The number of ether oxygens (including phenoxy) is 2. The van der Waals surface area contributed by atoms with Crippen molar-refractivity contribution < 1.29 is 23.9 Å². The van der Waals surface area contributed by atoms with Crippen molar-refractivity contribution in [1.82, 2.24) is 0 Å². The van der Waals surface area contributed by atoms with Crippen LogP contribution in [0.15, 0.2) is 42.0 Å². The van der Waals surface area contributed by atoms with Crippen LogP contribution in [0, 0.1) is 0 Å². The first kappa shape index (κ1) is 18.6. The third kappa shape index (κ3) is 6.91. The van der Waals surface area contributed by atoms with E-state index < -0.39 is 18.2 Å². The monoisotopic (exact) mass is 318 g/mol. The van der Waals surface area contributed by atoms with Gasteiger partial charge in [-0.1, -0.05) is 36.4 Å². The maximum absolute atomic E-state index is 11.5. The van der Waals surface area contributed by atoms with E-state index in [2.05, 4.69) is 0 Å². The molecular formula is C18H22O5. The Labute approximate surface area is 136 Å². The summed E-state index contributed by atoms with van der Waals surface area (Å²) in [7, 11) is 0. The SMILES string of the molecule is CC(=O)CC(/C=C(\C)C(OC(C)=O)OC(C)=O)c1ccccc1. The topological polar surface area (TPSA) is 69.7 Å². The molecule has 0 spiro atoms. The van der Waals surface area contributed by atoms with Gasteiger partial charge < -0.3 is 9.47 Å². The highest BCUT2D eigenvalue weighted by atomic mass is 16.7. The summed E-state index contributed by atoms with van der Waals surface area (Å²) >= 11 is 0. The van der Waals surface area contributed by atoms with Gasteiger partial charge in [0.25, 0.3) is 6.29 Å². The fourth-order valence-corrected chi connectivity index (χ4v) is 2.19. The van der Waals surface area contributed by atoms with Crippen molar-refractivity contribution in [3.63, 3.8) is 0 Å². The van der Waals surface area contributed by atoms with Gasteiger partial charge in [-0.25, -0.2) is 0 Å². The minimum atomic E-state index is -1.08. The van der Waals surface area contributed by atoms with Crippen molar-refractivity contribution >= 4 is 17.7 Å². The molecule has 0 N–H and O–H groups in total. The number of rotatable bonds is 7. The predicted molar refractivity (Wildman–Crippen MR) is 85.6 cm³/mol. The molecule has 0 saturated carbocycles. The van der Waals surface area contributed by atoms with E-state index in [9.17, 15) is 14.4 Å². The number of hydrogen-bond donors (Lipinski definition) is 0. The third-order valence-electron chi connectivity index (χ3n) is 3.12. The molecule has 0 bridgehead atoms. The summed E-state index contributed by atoms with van der Waals surface area (Å²) in [4.78, 5) is 33.9. The van der Waals surface area contributed by atoms with E-state index >= 15 is 0 Å². The van der Waals surface area contributed by atoms with Gasteiger partial charge in [0.15, 0.2) is 0 Å². The standard InChI is InChI=1S/C18H22O5/c1-12(18(22-14(3)20)23-15(4)21)10-17(11-13(2)19)16-8-6-5-7-9-16/h5-10,17-18H,11H2,1-4H3/b12-10+. The molecule has 0 amide bonds. The van der Waals surface area contributed by atoms with Gasteiger partial charge in [0.1, 0.15) is 5.78 Å². The molecule has 124 valence electrons. The van der Waals surface area contributed by atoms with E-state index in [-0.39, 0.29) is 11.7 Å². The molecular weight excluding hydrogens is 296 g/mol. The molecule has 0 heterocycles. The molecule has 0 aromatic heterocycles. The number of carbonyl (C=O) groups excluding carboxylic acids is 3. The second kappa shape index (κ2) is 8.88. The molecule has 0 radical (unpaired) electrons. The summed E-state index contributed by atoms with van der Waals surface area (Å²) in [6.45, 7) is 5.71. The molecule has 5 nitrogen and oxygen atoms in total. The Hall–Kier alpha value is -2.43. The third-order valence-corrected chi connectivity index (χ3v) is 3.12. The first-order valence-electron chi connectivity index (χ1n) is 7.36. The highest BCUT2D eigenvalue weighted by Gasteiger charge is 2.20. The van der Waals surface area contributed by atoms with Gasteiger partial charge in [-0.05, 0) is 19.4 Å². The Morgan fingerprint density at radius 1 is 0.957 bits per heavy atom. The van der Waals surface area contributed by atoms with Crippen molar-refractivity contribution in [2.75, 3.05) is 0 Å². The fraction of sp³-hybridized carbons (Fsp3) is 0.389. The van der Waals surface area contributed by atoms with Gasteiger partial charge >= 0.3 is 11.9 Å². The first-order chi connectivity index (χ1) is 10.8. The van der Waals surface area contributed by atoms with Crippen LogP contribution < -0.4 is 0 Å². The number of benzene rings is 1. The second-order valence-electron chi connectivity index (χ2n) is 5.38. The Morgan fingerprint density at radius 3 is 1.91 bits per heavy atom. The Balaban J connectivity index is 3.08. The van der Waals surface area contributed by atoms with Crippen LogP contribution in [0.25, 0.3) is 0 Å². The summed E-state index contributed by atoms with van der Waals surface area (Å²) in [6.07, 6.45) is 1.03. The molecule has 1 aromatic rings. The van der Waals surface area contributed by atoms with Gasteiger partial charge in [-0.3, -0.25) is 14.4 Å². The zero-order chi connectivity index (χ0) is 17.4. The van der Waals surface area contributed by atoms with Crippen LogP contribution in [0.4, 0.5) is 0 Å². The predicted octanol–water partition coefficient (Wildman–Crippen LogP) is 3.15. The Morgan fingerprint density at radius 2 is 1.48 bits per heavy atom. The summed E-state index contributed by atoms with van der Waals surface area (Å²) in [5.41, 5.74) is 1.52. The Bertz CT molecular complexity index is 573. The maximum Gasteiger partial charge on any atom is 0.305 e. The van der Waals surface area contributed by atoms with Gasteiger partial charge in [0, 0.05) is 31.8 Å². The van der Waals surface area contributed by atoms with Gasteiger partial charge in [0.05, 0.1) is 0 Å².